The van der Waals surface area contributed by atoms with Gasteiger partial charge in [-0.2, -0.15) is 0 Å². The van der Waals surface area contributed by atoms with Crippen LogP contribution in [0.3, 0.4) is 0 Å². The quantitative estimate of drug-likeness (QED) is 0.418. The summed E-state index contributed by atoms with van der Waals surface area (Å²) in [5.74, 6) is -0.120. The smallest absolute Gasteiger partial charge is 0.324 e. The fourth-order valence-corrected chi connectivity index (χ4v) is 0.732. The van der Waals surface area contributed by atoms with E-state index < -0.39 is 0 Å². The number of carbonyl (C=O) groups excluding carboxylic acids is 1. The molecule has 0 spiro atoms. The molecule has 9 heavy (non-hydrogen) atoms. The average molecular weight is 129 g/mol. The van der Waals surface area contributed by atoms with Gasteiger partial charge in [0.1, 0.15) is 6.04 Å². The second kappa shape index (κ2) is 2.35. The number of hydrogen-bond acceptors (Lipinski definition) is 3. The summed E-state index contributed by atoms with van der Waals surface area (Å²) in [5, 5.41) is 2.94. The first-order valence-corrected chi connectivity index (χ1v) is 3.18. The van der Waals surface area contributed by atoms with E-state index in [0.717, 1.165) is 0 Å². The van der Waals surface area contributed by atoms with Crippen molar-refractivity contribution in [1.29, 1.82) is 0 Å². The van der Waals surface area contributed by atoms with E-state index in [0.29, 0.717) is 12.6 Å². The number of esters is 1. The van der Waals surface area contributed by atoms with Crippen molar-refractivity contribution in [1.82, 2.24) is 5.32 Å². The lowest BCUT2D eigenvalue weighted by atomic mass is 10.3. The summed E-state index contributed by atoms with van der Waals surface area (Å²) in [4.78, 5) is 10.7. The van der Waals surface area contributed by atoms with Crippen molar-refractivity contribution in [3.05, 3.63) is 0 Å². The molecule has 0 aromatic heterocycles. The molecular weight excluding hydrogens is 118 g/mol. The Morgan fingerprint density at radius 2 is 2.33 bits per heavy atom. The molecule has 52 valence electrons. The molecule has 2 atom stereocenters. The highest BCUT2D eigenvalue weighted by Crippen LogP contribution is 2.10. The van der Waals surface area contributed by atoms with Gasteiger partial charge in [-0.3, -0.25) is 10.1 Å². The van der Waals surface area contributed by atoms with Gasteiger partial charge in [0.25, 0.3) is 0 Å². The van der Waals surface area contributed by atoms with E-state index in [9.17, 15) is 4.79 Å². The first-order valence-electron chi connectivity index (χ1n) is 3.18. The van der Waals surface area contributed by atoms with E-state index in [2.05, 4.69) is 5.32 Å². The molecule has 0 aromatic rings. The predicted octanol–water partition coefficient (Wildman–Crippen LogP) is -0.0902. The van der Waals surface area contributed by atoms with E-state index in [1.165, 1.54) is 0 Å². The Balaban J connectivity index is 2.20. The van der Waals surface area contributed by atoms with Crippen molar-refractivity contribution in [2.45, 2.75) is 25.9 Å². The Kier molecular flexibility index (Phi) is 1.71. The number of hydrogen-bond donors (Lipinski definition) is 1. The highest BCUT2D eigenvalue weighted by atomic mass is 16.5. The van der Waals surface area contributed by atoms with Gasteiger partial charge in [-0.15, -0.1) is 0 Å². The Bertz CT molecular complexity index is 124. The lowest BCUT2D eigenvalue weighted by molar-refractivity contribution is -0.142. The average Bonchev–Trinajstić information content (AvgIpc) is 2.47. The zero-order valence-corrected chi connectivity index (χ0v) is 5.68. The molecule has 0 aromatic carbocycles. The third kappa shape index (κ3) is 1.42. The maximum atomic E-state index is 10.7. The van der Waals surface area contributed by atoms with Gasteiger partial charge >= 0.3 is 5.97 Å². The molecule has 3 heteroatoms. The normalized spacial score (nSPS) is 31.8. The van der Waals surface area contributed by atoms with Gasteiger partial charge in [0.2, 0.25) is 0 Å². The Morgan fingerprint density at radius 1 is 1.78 bits per heavy atom. The zero-order valence-electron chi connectivity index (χ0n) is 5.68. The number of rotatable bonds is 2. The van der Waals surface area contributed by atoms with Gasteiger partial charge in [0, 0.05) is 6.04 Å². The van der Waals surface area contributed by atoms with Crippen LogP contribution in [0.25, 0.3) is 0 Å². The van der Waals surface area contributed by atoms with Gasteiger partial charge in [-0.05, 0) is 13.8 Å². The SMILES string of the molecule is CCOC(=O)[C@H]1N[C@H]1C. The van der Waals surface area contributed by atoms with E-state index in [1.54, 1.807) is 0 Å². The van der Waals surface area contributed by atoms with Crippen LogP contribution in [0.1, 0.15) is 13.8 Å². The van der Waals surface area contributed by atoms with Crippen molar-refractivity contribution in [3.63, 3.8) is 0 Å². The molecule has 1 heterocycles. The van der Waals surface area contributed by atoms with E-state index >= 15 is 0 Å². The van der Waals surface area contributed by atoms with Crippen LogP contribution in [0, 0.1) is 0 Å². The molecule has 0 amide bonds. The second-order valence-corrected chi connectivity index (χ2v) is 2.19. The maximum absolute atomic E-state index is 10.7. The zero-order chi connectivity index (χ0) is 6.85. The first kappa shape index (κ1) is 6.55. The topological polar surface area (TPSA) is 48.2 Å². The van der Waals surface area contributed by atoms with Crippen LogP contribution in [0.15, 0.2) is 0 Å². The monoisotopic (exact) mass is 129 g/mol. The molecular formula is C6H11NO2. The first-order chi connectivity index (χ1) is 4.25. The summed E-state index contributed by atoms with van der Waals surface area (Å²) >= 11 is 0. The van der Waals surface area contributed by atoms with Crippen molar-refractivity contribution in [3.8, 4) is 0 Å². The number of nitrogens with one attached hydrogen (secondary N) is 1. The summed E-state index contributed by atoms with van der Waals surface area (Å²) in [5.41, 5.74) is 0. The molecule has 1 fully saturated rings. The third-order valence-electron chi connectivity index (χ3n) is 1.37. The van der Waals surface area contributed by atoms with Crippen LogP contribution in [0.4, 0.5) is 0 Å². The molecule has 0 unspecified atom stereocenters. The summed E-state index contributed by atoms with van der Waals surface area (Å²) in [6, 6.07) is 0.300. The number of carbonyl (C=O) groups is 1. The lowest BCUT2D eigenvalue weighted by Crippen LogP contribution is -2.14. The minimum atomic E-state index is -0.120. The largest absolute Gasteiger partial charge is 0.465 e. The van der Waals surface area contributed by atoms with Crippen LogP contribution >= 0.6 is 0 Å². The predicted molar refractivity (Wildman–Crippen MR) is 33.0 cm³/mol. The highest BCUT2D eigenvalue weighted by molar-refractivity contribution is 5.79. The molecule has 1 N–H and O–H groups in total. The molecule has 1 rings (SSSR count). The van der Waals surface area contributed by atoms with E-state index in [4.69, 9.17) is 4.74 Å². The van der Waals surface area contributed by atoms with Gasteiger partial charge in [0.05, 0.1) is 6.61 Å². The molecule has 3 nitrogen and oxygen atoms in total. The standard InChI is InChI=1S/C6H11NO2/c1-3-9-6(8)5-4(2)7-5/h4-5,7H,3H2,1-2H3/t4-,5-/m0/s1. The van der Waals surface area contributed by atoms with E-state index in [-0.39, 0.29) is 12.0 Å². The molecule has 1 aliphatic heterocycles. The molecule has 0 saturated carbocycles. The maximum Gasteiger partial charge on any atom is 0.324 e. The van der Waals surface area contributed by atoms with Gasteiger partial charge in [-0.25, -0.2) is 0 Å². The fourth-order valence-electron chi connectivity index (χ4n) is 0.732. The van der Waals surface area contributed by atoms with Crippen LogP contribution in [0.2, 0.25) is 0 Å². The van der Waals surface area contributed by atoms with Crippen LogP contribution < -0.4 is 5.32 Å². The minimum absolute atomic E-state index is 0.0232. The molecule has 0 aliphatic carbocycles. The summed E-state index contributed by atoms with van der Waals surface area (Å²) in [6.45, 7) is 4.25. The highest BCUT2D eigenvalue weighted by Gasteiger charge is 2.39. The van der Waals surface area contributed by atoms with Crippen LogP contribution in [0.5, 0.6) is 0 Å². The second-order valence-electron chi connectivity index (χ2n) is 2.19. The molecule has 0 radical (unpaired) electrons. The molecule has 0 bridgehead atoms. The summed E-state index contributed by atoms with van der Waals surface area (Å²) in [6.07, 6.45) is 0. The van der Waals surface area contributed by atoms with E-state index in [1.807, 2.05) is 13.8 Å². The van der Waals surface area contributed by atoms with Crippen molar-refractivity contribution in [2.75, 3.05) is 6.61 Å². The summed E-state index contributed by atoms with van der Waals surface area (Å²) in [7, 11) is 0. The van der Waals surface area contributed by atoms with Gasteiger partial charge in [-0.1, -0.05) is 0 Å². The Labute approximate surface area is 54.4 Å². The Morgan fingerprint density at radius 3 is 2.67 bits per heavy atom. The van der Waals surface area contributed by atoms with Crippen molar-refractivity contribution < 1.29 is 9.53 Å². The molecule has 1 aliphatic rings. The lowest BCUT2D eigenvalue weighted by Gasteiger charge is -1.95. The van der Waals surface area contributed by atoms with Crippen molar-refractivity contribution in [2.24, 2.45) is 0 Å². The van der Waals surface area contributed by atoms with Crippen LogP contribution in [-0.4, -0.2) is 24.7 Å². The summed E-state index contributed by atoms with van der Waals surface area (Å²) < 4.78 is 4.73. The van der Waals surface area contributed by atoms with Crippen molar-refractivity contribution >= 4 is 5.97 Å². The van der Waals surface area contributed by atoms with Crippen LogP contribution in [-0.2, 0) is 9.53 Å². The number of ether oxygens (including phenoxy) is 1. The Hall–Kier alpha value is -0.570. The van der Waals surface area contributed by atoms with Gasteiger partial charge in [0.15, 0.2) is 0 Å². The van der Waals surface area contributed by atoms with Gasteiger partial charge < -0.3 is 4.74 Å². The minimum Gasteiger partial charge on any atom is -0.465 e. The fraction of sp³-hybridized carbons (Fsp3) is 0.833. The molecule has 1 saturated heterocycles. The third-order valence-corrected chi connectivity index (χ3v) is 1.37.